The van der Waals surface area contributed by atoms with Crippen LogP contribution in [0.4, 0.5) is 0 Å². The monoisotopic (exact) mass is 375 g/mol. The zero-order valence-electron chi connectivity index (χ0n) is 17.0. The van der Waals surface area contributed by atoms with E-state index in [2.05, 4.69) is 24.1 Å². The largest absolute Gasteiger partial charge is 0.489 e. The molecule has 27 heavy (non-hydrogen) atoms. The molecule has 6 nitrogen and oxygen atoms in total. The lowest BCUT2D eigenvalue weighted by molar-refractivity contribution is -0.149. The molecule has 1 aliphatic heterocycles. The summed E-state index contributed by atoms with van der Waals surface area (Å²) in [5, 5.41) is 3.35. The number of piperidine rings is 1. The molecule has 0 bridgehead atoms. The number of aliphatic imine (C=N–C) groups is 1. The first kappa shape index (κ1) is 21.1. The molecule has 1 N–H and O–H groups in total. The molecule has 0 radical (unpaired) electrons. The lowest BCUT2D eigenvalue weighted by Crippen LogP contribution is -2.47. The topological polar surface area (TPSA) is 63.2 Å². The average Bonchev–Trinajstić information content (AvgIpc) is 2.67. The van der Waals surface area contributed by atoms with Crippen molar-refractivity contribution in [2.24, 2.45) is 10.9 Å². The van der Waals surface area contributed by atoms with E-state index >= 15 is 0 Å². The summed E-state index contributed by atoms with van der Waals surface area (Å²) in [5.41, 5.74) is 1.22. The molecule has 0 aliphatic carbocycles. The molecular weight excluding hydrogens is 342 g/mol. The van der Waals surface area contributed by atoms with Crippen LogP contribution in [-0.2, 0) is 9.53 Å². The second-order valence-corrected chi connectivity index (χ2v) is 6.95. The molecule has 2 rings (SSSR count). The molecule has 1 heterocycles. The lowest BCUT2D eigenvalue weighted by atomic mass is 9.97. The molecule has 6 heteroatoms. The van der Waals surface area contributed by atoms with Gasteiger partial charge in [0, 0.05) is 19.6 Å². The van der Waals surface area contributed by atoms with E-state index in [1.54, 1.807) is 0 Å². The Kier molecular flexibility index (Phi) is 8.43. The predicted molar refractivity (Wildman–Crippen MR) is 108 cm³/mol. The van der Waals surface area contributed by atoms with Crippen LogP contribution < -0.4 is 10.1 Å². The lowest BCUT2D eigenvalue weighted by Gasteiger charge is -2.33. The molecule has 150 valence electrons. The fourth-order valence-corrected chi connectivity index (χ4v) is 3.11. The highest BCUT2D eigenvalue weighted by Gasteiger charge is 2.27. The molecule has 1 unspecified atom stereocenters. The molecule has 1 aromatic rings. The molecule has 0 spiro atoms. The summed E-state index contributed by atoms with van der Waals surface area (Å²) in [5.74, 6) is 1.69. The third-order valence-corrected chi connectivity index (χ3v) is 4.61. The number of nitrogens with one attached hydrogen (secondary N) is 1. The van der Waals surface area contributed by atoms with E-state index in [0.717, 1.165) is 44.2 Å². The highest BCUT2D eigenvalue weighted by Crippen LogP contribution is 2.19. The number of nitrogens with zero attached hydrogens (tertiary/aromatic N) is 2. The zero-order chi connectivity index (χ0) is 19.6. The summed E-state index contributed by atoms with van der Waals surface area (Å²) < 4.78 is 11.1. The van der Waals surface area contributed by atoms with Crippen LogP contribution in [0.25, 0.3) is 0 Å². The van der Waals surface area contributed by atoms with Crippen molar-refractivity contribution in [2.45, 2.75) is 46.6 Å². The van der Waals surface area contributed by atoms with Crippen molar-refractivity contribution in [3.8, 4) is 5.75 Å². The van der Waals surface area contributed by atoms with Gasteiger partial charge in [-0.3, -0.25) is 4.79 Å². The molecule has 1 aromatic carbocycles. The quantitative estimate of drug-likeness (QED) is 0.451. The van der Waals surface area contributed by atoms with Crippen LogP contribution in [0.15, 0.2) is 29.3 Å². The third-order valence-electron chi connectivity index (χ3n) is 4.61. The fourth-order valence-electron chi connectivity index (χ4n) is 3.11. The summed E-state index contributed by atoms with van der Waals surface area (Å²) in [4.78, 5) is 18.9. The Morgan fingerprint density at radius 2 is 1.93 bits per heavy atom. The summed E-state index contributed by atoms with van der Waals surface area (Å²) in [6, 6.07) is 8.06. The van der Waals surface area contributed by atoms with Crippen LogP contribution in [0.3, 0.4) is 0 Å². The number of rotatable bonds is 7. The van der Waals surface area contributed by atoms with Gasteiger partial charge in [0.2, 0.25) is 0 Å². The highest BCUT2D eigenvalue weighted by molar-refractivity contribution is 5.80. The van der Waals surface area contributed by atoms with Crippen molar-refractivity contribution >= 4 is 11.9 Å². The SMILES string of the molecule is CCNC(=NCC(C)Oc1ccc(C)cc1)N1CCC(C(=O)OCC)CC1. The van der Waals surface area contributed by atoms with Gasteiger partial charge in [0.1, 0.15) is 11.9 Å². The Morgan fingerprint density at radius 1 is 1.26 bits per heavy atom. The summed E-state index contributed by atoms with van der Waals surface area (Å²) in [6.07, 6.45) is 1.59. The minimum atomic E-state index is -0.0702. The van der Waals surface area contributed by atoms with Crippen LogP contribution in [0.2, 0.25) is 0 Å². The Hall–Kier alpha value is -2.24. The van der Waals surface area contributed by atoms with E-state index in [1.807, 2.05) is 38.1 Å². The number of aryl methyl sites for hydroxylation is 1. The Balaban J connectivity index is 1.88. The summed E-state index contributed by atoms with van der Waals surface area (Å²) in [6.45, 7) is 11.5. The van der Waals surface area contributed by atoms with E-state index in [1.165, 1.54) is 5.56 Å². The van der Waals surface area contributed by atoms with E-state index in [-0.39, 0.29) is 18.0 Å². The Labute approximate surface area is 162 Å². The molecule has 0 saturated carbocycles. The number of carbonyl (C=O) groups excluding carboxylic acids is 1. The third kappa shape index (κ3) is 6.77. The number of hydrogen-bond acceptors (Lipinski definition) is 4. The summed E-state index contributed by atoms with van der Waals surface area (Å²) >= 11 is 0. The van der Waals surface area contributed by atoms with Crippen LogP contribution in [0.5, 0.6) is 5.75 Å². The Bertz CT molecular complexity index is 608. The number of guanidine groups is 1. The first-order valence-corrected chi connectivity index (χ1v) is 9.96. The second-order valence-electron chi connectivity index (χ2n) is 6.95. The van der Waals surface area contributed by atoms with E-state index in [4.69, 9.17) is 14.5 Å². The first-order valence-electron chi connectivity index (χ1n) is 9.96. The molecule has 1 fully saturated rings. The zero-order valence-corrected chi connectivity index (χ0v) is 17.0. The average molecular weight is 376 g/mol. The van der Waals surface area contributed by atoms with Crippen molar-refractivity contribution in [2.75, 3.05) is 32.8 Å². The van der Waals surface area contributed by atoms with Crippen molar-refractivity contribution in [3.63, 3.8) is 0 Å². The van der Waals surface area contributed by atoms with Gasteiger partial charge >= 0.3 is 5.97 Å². The highest BCUT2D eigenvalue weighted by atomic mass is 16.5. The molecular formula is C21H33N3O3. The van der Waals surface area contributed by atoms with Gasteiger partial charge in [-0.15, -0.1) is 0 Å². The van der Waals surface area contributed by atoms with E-state index in [9.17, 15) is 4.79 Å². The smallest absolute Gasteiger partial charge is 0.309 e. The van der Waals surface area contributed by atoms with Gasteiger partial charge in [-0.25, -0.2) is 4.99 Å². The van der Waals surface area contributed by atoms with Crippen LogP contribution >= 0.6 is 0 Å². The minimum absolute atomic E-state index is 0.00729. The second kappa shape index (κ2) is 10.8. The fraction of sp³-hybridized carbons (Fsp3) is 0.619. The van der Waals surface area contributed by atoms with Crippen molar-refractivity contribution in [3.05, 3.63) is 29.8 Å². The van der Waals surface area contributed by atoms with Gasteiger partial charge in [-0.1, -0.05) is 17.7 Å². The molecule has 0 amide bonds. The van der Waals surface area contributed by atoms with Crippen LogP contribution in [-0.4, -0.2) is 55.7 Å². The Morgan fingerprint density at radius 3 is 2.52 bits per heavy atom. The van der Waals surface area contributed by atoms with Gasteiger partial charge in [0.15, 0.2) is 5.96 Å². The van der Waals surface area contributed by atoms with Gasteiger partial charge in [-0.05, 0) is 52.7 Å². The van der Waals surface area contributed by atoms with Gasteiger partial charge < -0.3 is 19.7 Å². The maximum atomic E-state index is 11.9. The summed E-state index contributed by atoms with van der Waals surface area (Å²) in [7, 11) is 0. The van der Waals surface area contributed by atoms with E-state index in [0.29, 0.717) is 13.2 Å². The van der Waals surface area contributed by atoms with Crippen molar-refractivity contribution < 1.29 is 14.3 Å². The number of likely N-dealkylation sites (tertiary alicyclic amines) is 1. The molecule has 1 aliphatic rings. The molecule has 1 atom stereocenters. The maximum Gasteiger partial charge on any atom is 0.309 e. The normalized spacial score (nSPS) is 16.7. The number of ether oxygens (including phenoxy) is 2. The minimum Gasteiger partial charge on any atom is -0.489 e. The molecule has 1 saturated heterocycles. The van der Waals surface area contributed by atoms with Crippen molar-refractivity contribution in [1.29, 1.82) is 0 Å². The van der Waals surface area contributed by atoms with Crippen LogP contribution in [0.1, 0.15) is 39.2 Å². The number of carbonyl (C=O) groups is 1. The maximum absolute atomic E-state index is 11.9. The number of hydrogen-bond donors (Lipinski definition) is 1. The van der Waals surface area contributed by atoms with Gasteiger partial charge in [-0.2, -0.15) is 0 Å². The van der Waals surface area contributed by atoms with Gasteiger partial charge in [0.25, 0.3) is 0 Å². The van der Waals surface area contributed by atoms with Crippen molar-refractivity contribution in [1.82, 2.24) is 10.2 Å². The van der Waals surface area contributed by atoms with Gasteiger partial charge in [0.05, 0.1) is 19.1 Å². The molecule has 0 aromatic heterocycles. The van der Waals surface area contributed by atoms with Crippen LogP contribution in [0, 0.1) is 12.8 Å². The first-order chi connectivity index (χ1) is 13.0. The standard InChI is InChI=1S/C21H33N3O3/c1-5-22-21(24-13-11-18(12-14-24)20(25)26-6-2)23-15-17(4)27-19-9-7-16(3)8-10-19/h7-10,17-18H,5-6,11-15H2,1-4H3,(H,22,23). The van der Waals surface area contributed by atoms with E-state index < -0.39 is 0 Å². The predicted octanol–water partition coefficient (Wildman–Crippen LogP) is 3.00. The number of benzene rings is 1. The number of esters is 1.